The zero-order valence-corrected chi connectivity index (χ0v) is 25.2. The van der Waals surface area contributed by atoms with E-state index in [4.69, 9.17) is 4.74 Å². The summed E-state index contributed by atoms with van der Waals surface area (Å²) in [6.07, 6.45) is 1.42. The van der Waals surface area contributed by atoms with Crippen LogP contribution in [0.25, 0.3) is 0 Å². The van der Waals surface area contributed by atoms with Crippen LogP contribution in [0.5, 0.6) is 0 Å². The molecule has 3 unspecified atom stereocenters. The lowest BCUT2D eigenvalue weighted by Gasteiger charge is -2.38. The van der Waals surface area contributed by atoms with Crippen molar-refractivity contribution in [2.75, 3.05) is 36.5 Å². The van der Waals surface area contributed by atoms with Gasteiger partial charge in [-0.3, -0.25) is 14.4 Å². The topological polar surface area (TPSA) is 111 Å². The number of likely N-dealkylation sites (tertiary alicyclic amines) is 1. The highest BCUT2D eigenvalue weighted by atomic mass is 79.9. The average molecular weight is 608 g/mol. The van der Waals surface area contributed by atoms with Crippen LogP contribution in [0.2, 0.25) is 0 Å². The quantitative estimate of drug-likeness (QED) is 0.315. The molecule has 3 fully saturated rings. The number of rotatable bonds is 12. The molecule has 3 heterocycles. The predicted molar refractivity (Wildman–Crippen MR) is 155 cm³/mol. The summed E-state index contributed by atoms with van der Waals surface area (Å²) in [5.74, 6) is -2.41. The summed E-state index contributed by atoms with van der Waals surface area (Å²) >= 11 is 3.70. The van der Waals surface area contributed by atoms with Gasteiger partial charge < -0.3 is 30.3 Å². The number of alkyl halides is 1. The number of ether oxygens (including phenoxy) is 1. The van der Waals surface area contributed by atoms with Gasteiger partial charge in [-0.15, -0.1) is 0 Å². The van der Waals surface area contributed by atoms with Gasteiger partial charge in [0.15, 0.2) is 0 Å². The lowest BCUT2D eigenvalue weighted by atomic mass is 9.70. The first kappa shape index (κ1) is 29.8. The number of halogens is 1. The molecule has 0 saturated carbocycles. The summed E-state index contributed by atoms with van der Waals surface area (Å²) in [5, 5.41) is 16.4. The van der Waals surface area contributed by atoms with Crippen LogP contribution in [0.4, 0.5) is 11.4 Å². The van der Waals surface area contributed by atoms with E-state index in [2.05, 4.69) is 45.3 Å². The van der Waals surface area contributed by atoms with Gasteiger partial charge in [-0.05, 0) is 56.9 Å². The molecule has 1 aromatic carbocycles. The van der Waals surface area contributed by atoms with Gasteiger partial charge in [0.25, 0.3) is 0 Å². The summed E-state index contributed by atoms with van der Waals surface area (Å²) in [6.45, 7) is 12.1. The fraction of sp³-hybridized carbons (Fsp3) is 0.690. The summed E-state index contributed by atoms with van der Waals surface area (Å²) in [4.78, 5) is 45.2. The number of carbonyl (C=O) groups is 3. The van der Waals surface area contributed by atoms with Crippen molar-refractivity contribution in [3.63, 3.8) is 0 Å². The fourth-order valence-electron chi connectivity index (χ4n) is 6.76. The molecule has 0 aromatic heterocycles. The Kier molecular flexibility index (Phi) is 9.28. The summed E-state index contributed by atoms with van der Waals surface area (Å²) in [7, 11) is 0. The summed E-state index contributed by atoms with van der Waals surface area (Å²) in [6, 6.07) is 6.12. The van der Waals surface area contributed by atoms with Crippen LogP contribution in [0.1, 0.15) is 53.9 Å². The average Bonchev–Trinajstić information content (AvgIpc) is 3.52. The van der Waals surface area contributed by atoms with Crippen LogP contribution >= 0.6 is 15.9 Å². The Morgan fingerprint density at radius 2 is 1.85 bits per heavy atom. The fourth-order valence-corrected chi connectivity index (χ4v) is 7.70. The van der Waals surface area contributed by atoms with Crippen molar-refractivity contribution in [1.82, 2.24) is 10.2 Å². The molecular formula is C29H43BrN4O5. The molecule has 9 nitrogen and oxygen atoms in total. The molecule has 216 valence electrons. The molecule has 3 N–H and O–H groups in total. The van der Waals surface area contributed by atoms with Crippen molar-refractivity contribution in [3.05, 3.63) is 24.3 Å². The number of aliphatic hydroxyl groups excluding tert-OH is 1. The Labute approximate surface area is 240 Å². The Hall–Kier alpha value is -2.17. The third-order valence-electron chi connectivity index (χ3n) is 8.94. The SMILES string of the molecule is CCCNC(=O)[C@H]1[C@@H]2OC3(CC2Br)C(C(=O)Nc2ccc(N(CC)CC)cc2)N([C@@H](CO)[C@@H](C)CC)C(=O)[C@H]13. The number of carbonyl (C=O) groups excluding carboxylic acids is 3. The number of nitrogens with one attached hydrogen (secondary N) is 2. The number of fused-ring (bicyclic) bond motifs is 1. The van der Waals surface area contributed by atoms with E-state index in [0.29, 0.717) is 18.7 Å². The molecule has 10 heteroatoms. The second kappa shape index (κ2) is 12.1. The van der Waals surface area contributed by atoms with Gasteiger partial charge in [0.05, 0.1) is 30.6 Å². The van der Waals surface area contributed by atoms with Crippen LogP contribution in [-0.4, -0.2) is 82.6 Å². The first-order chi connectivity index (χ1) is 18.7. The second-order valence-electron chi connectivity index (χ2n) is 11.0. The third-order valence-corrected chi connectivity index (χ3v) is 9.78. The van der Waals surface area contributed by atoms with Crippen molar-refractivity contribution >= 4 is 45.0 Å². The van der Waals surface area contributed by atoms with Crippen molar-refractivity contribution in [1.29, 1.82) is 0 Å². The first-order valence-electron chi connectivity index (χ1n) is 14.4. The molecule has 1 aromatic rings. The molecule has 3 amide bonds. The molecule has 39 heavy (non-hydrogen) atoms. The van der Waals surface area contributed by atoms with Gasteiger partial charge in [0, 0.05) is 35.8 Å². The van der Waals surface area contributed by atoms with Gasteiger partial charge in [-0.1, -0.05) is 43.1 Å². The van der Waals surface area contributed by atoms with Crippen LogP contribution in [0.15, 0.2) is 24.3 Å². The minimum absolute atomic E-state index is 0.0536. The van der Waals surface area contributed by atoms with E-state index in [1.807, 2.05) is 45.0 Å². The normalized spacial score (nSPS) is 30.7. The maximum absolute atomic E-state index is 14.2. The Morgan fingerprint density at radius 3 is 2.41 bits per heavy atom. The van der Waals surface area contributed by atoms with E-state index < -0.39 is 35.6 Å². The second-order valence-corrected chi connectivity index (χ2v) is 12.2. The largest absolute Gasteiger partial charge is 0.394 e. The number of hydrogen-bond donors (Lipinski definition) is 3. The van der Waals surface area contributed by atoms with Gasteiger partial charge >= 0.3 is 0 Å². The van der Waals surface area contributed by atoms with Crippen molar-refractivity contribution in [2.45, 2.75) is 82.5 Å². The number of benzene rings is 1. The summed E-state index contributed by atoms with van der Waals surface area (Å²) < 4.78 is 6.55. The Balaban J connectivity index is 1.71. The Bertz CT molecular complexity index is 1050. The lowest BCUT2D eigenvalue weighted by molar-refractivity contribution is -0.145. The van der Waals surface area contributed by atoms with Crippen LogP contribution < -0.4 is 15.5 Å². The highest BCUT2D eigenvalue weighted by molar-refractivity contribution is 9.09. The summed E-state index contributed by atoms with van der Waals surface area (Å²) in [5.41, 5.74) is 0.524. The monoisotopic (exact) mass is 606 g/mol. The number of amides is 3. The molecule has 0 aliphatic carbocycles. The van der Waals surface area contributed by atoms with E-state index in [1.165, 1.54) is 0 Å². The minimum Gasteiger partial charge on any atom is -0.394 e. The van der Waals surface area contributed by atoms with E-state index in [0.717, 1.165) is 31.6 Å². The van der Waals surface area contributed by atoms with E-state index in [-0.39, 0.29) is 35.1 Å². The smallest absolute Gasteiger partial charge is 0.250 e. The van der Waals surface area contributed by atoms with E-state index in [9.17, 15) is 19.5 Å². The molecular weight excluding hydrogens is 564 g/mol. The molecule has 3 aliphatic heterocycles. The minimum atomic E-state index is -1.16. The number of nitrogens with zero attached hydrogens (tertiary/aromatic N) is 2. The van der Waals surface area contributed by atoms with Crippen molar-refractivity contribution < 1.29 is 24.2 Å². The van der Waals surface area contributed by atoms with Crippen LogP contribution in [0.3, 0.4) is 0 Å². The van der Waals surface area contributed by atoms with Crippen molar-refractivity contribution in [3.8, 4) is 0 Å². The molecule has 4 rings (SSSR count). The molecule has 0 radical (unpaired) electrons. The molecule has 1 spiro atoms. The highest BCUT2D eigenvalue weighted by Gasteiger charge is 2.77. The van der Waals surface area contributed by atoms with Gasteiger partial charge in [0.1, 0.15) is 11.6 Å². The Morgan fingerprint density at radius 1 is 1.18 bits per heavy atom. The standard InChI is InChI=1S/C29H43BrN4O5/c1-6-14-31-26(36)22-23-28(38)34(21(16-35)17(5)7-2)25(29(23)15-20(30)24(22)39-29)27(37)32-18-10-12-19(13-11-18)33(8-3)9-4/h10-13,17,20-25,35H,6-9,14-16H2,1-5H3,(H,31,36)(H,32,37)/t17-,20?,21-,22+,23-,24+,25?,29?/m0/s1. The highest BCUT2D eigenvalue weighted by Crippen LogP contribution is 2.60. The van der Waals surface area contributed by atoms with Gasteiger partial charge in [0.2, 0.25) is 17.7 Å². The van der Waals surface area contributed by atoms with Crippen molar-refractivity contribution in [2.24, 2.45) is 17.8 Å². The van der Waals surface area contributed by atoms with Gasteiger partial charge in [-0.2, -0.15) is 0 Å². The zero-order chi connectivity index (χ0) is 28.5. The van der Waals surface area contributed by atoms with E-state index in [1.54, 1.807) is 4.90 Å². The third kappa shape index (κ3) is 5.08. The number of aliphatic hydroxyl groups is 1. The first-order valence-corrected chi connectivity index (χ1v) is 15.3. The maximum Gasteiger partial charge on any atom is 0.250 e. The predicted octanol–water partition coefficient (Wildman–Crippen LogP) is 3.15. The number of hydrogen-bond acceptors (Lipinski definition) is 6. The number of anilines is 2. The van der Waals surface area contributed by atoms with Crippen LogP contribution in [-0.2, 0) is 19.1 Å². The van der Waals surface area contributed by atoms with Crippen LogP contribution in [0, 0.1) is 17.8 Å². The zero-order valence-electron chi connectivity index (χ0n) is 23.7. The van der Waals surface area contributed by atoms with Gasteiger partial charge in [-0.25, -0.2) is 0 Å². The lowest BCUT2D eigenvalue weighted by Crippen LogP contribution is -2.57. The molecule has 3 saturated heterocycles. The molecule has 8 atom stereocenters. The van der Waals surface area contributed by atoms with E-state index >= 15 is 0 Å². The maximum atomic E-state index is 14.2. The molecule has 3 aliphatic rings. The molecule has 2 bridgehead atoms.